The first-order chi connectivity index (χ1) is 7.31. The van der Waals surface area contributed by atoms with Gasteiger partial charge in [0.05, 0.1) is 0 Å². The molecule has 1 aliphatic heterocycles. The number of aliphatic hydroxyl groups excluding tert-OH is 1. The predicted octanol–water partition coefficient (Wildman–Crippen LogP) is 0.960. The number of nitrogens with one attached hydrogen (secondary N) is 1. The second-order valence-electron chi connectivity index (χ2n) is 3.84. The first-order valence-electron chi connectivity index (χ1n) is 5.44. The number of aryl methyl sites for hydroxylation is 1. The highest BCUT2D eigenvalue weighted by Gasteiger charge is 2.26. The van der Waals surface area contributed by atoms with Gasteiger partial charge in [0.2, 0.25) is 0 Å². The molecule has 0 aromatic heterocycles. The molecule has 1 aromatic carbocycles. The summed E-state index contributed by atoms with van der Waals surface area (Å²) in [7, 11) is 0. The highest BCUT2D eigenvalue weighted by molar-refractivity contribution is 5.33. The first-order valence-corrected chi connectivity index (χ1v) is 5.44. The van der Waals surface area contributed by atoms with Crippen molar-refractivity contribution >= 4 is 0 Å². The van der Waals surface area contributed by atoms with Gasteiger partial charge in [0.25, 0.3) is 0 Å². The molecule has 0 radical (unpaired) electrons. The molecule has 0 saturated carbocycles. The molecule has 2 rings (SSSR count). The van der Waals surface area contributed by atoms with Gasteiger partial charge in [-0.1, -0.05) is 25.1 Å². The number of aliphatic hydroxyl groups is 1. The maximum Gasteiger partial charge on any atom is 0.138 e. The monoisotopic (exact) mass is 207 g/mol. The molecular formula is C12H17NO2. The van der Waals surface area contributed by atoms with Gasteiger partial charge in [0.1, 0.15) is 18.0 Å². The van der Waals surface area contributed by atoms with E-state index >= 15 is 0 Å². The maximum absolute atomic E-state index is 9.63. The smallest absolute Gasteiger partial charge is 0.138 e. The van der Waals surface area contributed by atoms with Crippen molar-refractivity contribution in [2.24, 2.45) is 0 Å². The molecule has 1 heterocycles. The molecule has 1 aliphatic rings. The van der Waals surface area contributed by atoms with Crippen LogP contribution in [0.2, 0.25) is 0 Å². The number of β-amino-alcohol motifs (C(OH)–C–C–N with tert-alkyl or cyclic N) is 1. The van der Waals surface area contributed by atoms with E-state index in [9.17, 15) is 5.11 Å². The zero-order valence-electron chi connectivity index (χ0n) is 8.94. The topological polar surface area (TPSA) is 41.5 Å². The molecule has 1 fully saturated rings. The van der Waals surface area contributed by atoms with Crippen molar-refractivity contribution in [3.05, 3.63) is 29.8 Å². The summed E-state index contributed by atoms with van der Waals surface area (Å²) in [4.78, 5) is 0. The zero-order chi connectivity index (χ0) is 10.7. The lowest BCUT2D eigenvalue weighted by molar-refractivity contribution is 0.0731. The molecule has 15 heavy (non-hydrogen) atoms. The Morgan fingerprint density at radius 2 is 2.20 bits per heavy atom. The van der Waals surface area contributed by atoms with Crippen molar-refractivity contribution in [1.29, 1.82) is 0 Å². The van der Waals surface area contributed by atoms with Gasteiger partial charge in [0, 0.05) is 13.1 Å². The van der Waals surface area contributed by atoms with Gasteiger partial charge >= 0.3 is 0 Å². The molecule has 0 bridgehead atoms. The van der Waals surface area contributed by atoms with Crippen LogP contribution in [0.3, 0.4) is 0 Å². The van der Waals surface area contributed by atoms with Gasteiger partial charge in [-0.2, -0.15) is 0 Å². The molecule has 1 saturated heterocycles. The molecule has 0 aliphatic carbocycles. The minimum atomic E-state index is -0.394. The van der Waals surface area contributed by atoms with Crippen LogP contribution in [0, 0.1) is 0 Å². The molecule has 3 heteroatoms. The van der Waals surface area contributed by atoms with Crippen molar-refractivity contribution in [2.75, 3.05) is 13.1 Å². The number of hydrogen-bond acceptors (Lipinski definition) is 3. The summed E-state index contributed by atoms with van der Waals surface area (Å²) >= 11 is 0. The van der Waals surface area contributed by atoms with Crippen molar-refractivity contribution in [2.45, 2.75) is 25.6 Å². The van der Waals surface area contributed by atoms with Crippen LogP contribution in [0.25, 0.3) is 0 Å². The molecule has 2 atom stereocenters. The average Bonchev–Trinajstić information content (AvgIpc) is 2.65. The quantitative estimate of drug-likeness (QED) is 0.775. The van der Waals surface area contributed by atoms with Crippen molar-refractivity contribution in [3.8, 4) is 5.75 Å². The summed E-state index contributed by atoms with van der Waals surface area (Å²) < 4.78 is 5.80. The van der Waals surface area contributed by atoms with Crippen LogP contribution < -0.4 is 10.1 Å². The van der Waals surface area contributed by atoms with Crippen LogP contribution in [0.15, 0.2) is 24.3 Å². The highest BCUT2D eigenvalue weighted by Crippen LogP contribution is 2.21. The van der Waals surface area contributed by atoms with E-state index in [1.807, 2.05) is 18.2 Å². The third-order valence-corrected chi connectivity index (χ3v) is 2.76. The number of hydrogen-bond donors (Lipinski definition) is 2. The summed E-state index contributed by atoms with van der Waals surface area (Å²) in [5.74, 6) is 0.896. The van der Waals surface area contributed by atoms with Gasteiger partial charge in [-0.05, 0) is 18.1 Å². The third-order valence-electron chi connectivity index (χ3n) is 2.76. The number of ether oxygens (including phenoxy) is 1. The van der Waals surface area contributed by atoms with Crippen LogP contribution in [-0.2, 0) is 6.42 Å². The van der Waals surface area contributed by atoms with E-state index in [-0.39, 0.29) is 6.10 Å². The Kier molecular flexibility index (Phi) is 3.23. The average molecular weight is 207 g/mol. The predicted molar refractivity (Wildman–Crippen MR) is 59.1 cm³/mol. The molecule has 0 spiro atoms. The lowest BCUT2D eigenvalue weighted by Crippen LogP contribution is -2.30. The molecule has 3 nitrogen and oxygen atoms in total. The fourth-order valence-corrected chi connectivity index (χ4v) is 1.84. The van der Waals surface area contributed by atoms with Gasteiger partial charge in [-0.3, -0.25) is 0 Å². The number of benzene rings is 1. The Morgan fingerprint density at radius 3 is 2.87 bits per heavy atom. The summed E-state index contributed by atoms with van der Waals surface area (Å²) in [6, 6.07) is 7.99. The van der Waals surface area contributed by atoms with Crippen LogP contribution in [0.4, 0.5) is 0 Å². The van der Waals surface area contributed by atoms with Crippen LogP contribution in [0.1, 0.15) is 12.5 Å². The number of para-hydroxylation sites is 1. The van der Waals surface area contributed by atoms with E-state index in [1.54, 1.807) is 0 Å². The molecule has 2 unspecified atom stereocenters. The molecule has 82 valence electrons. The summed E-state index contributed by atoms with van der Waals surface area (Å²) in [5, 5.41) is 12.7. The first kappa shape index (κ1) is 10.5. The lowest BCUT2D eigenvalue weighted by atomic mass is 10.1. The second kappa shape index (κ2) is 4.64. The lowest BCUT2D eigenvalue weighted by Gasteiger charge is -2.18. The highest BCUT2D eigenvalue weighted by atomic mass is 16.5. The summed E-state index contributed by atoms with van der Waals surface area (Å²) in [6.07, 6.45) is 0.444. The fraction of sp³-hybridized carbons (Fsp3) is 0.500. The SMILES string of the molecule is CCc1ccccc1OC1CNCC1O. The molecular weight excluding hydrogens is 190 g/mol. The summed E-state index contributed by atoms with van der Waals surface area (Å²) in [6.45, 7) is 3.45. The van der Waals surface area contributed by atoms with Gasteiger partial charge < -0.3 is 15.2 Å². The van der Waals surface area contributed by atoms with Crippen LogP contribution in [0.5, 0.6) is 5.75 Å². The minimum Gasteiger partial charge on any atom is -0.486 e. The van der Waals surface area contributed by atoms with Crippen LogP contribution in [-0.4, -0.2) is 30.4 Å². The van der Waals surface area contributed by atoms with Crippen molar-refractivity contribution in [3.63, 3.8) is 0 Å². The van der Waals surface area contributed by atoms with Crippen molar-refractivity contribution < 1.29 is 9.84 Å². The third kappa shape index (κ3) is 2.30. The second-order valence-corrected chi connectivity index (χ2v) is 3.84. The van der Waals surface area contributed by atoms with Gasteiger partial charge in [-0.25, -0.2) is 0 Å². The number of rotatable bonds is 3. The molecule has 1 aromatic rings. The van der Waals surface area contributed by atoms with E-state index in [4.69, 9.17) is 4.74 Å². The molecule has 2 N–H and O–H groups in total. The van der Waals surface area contributed by atoms with E-state index < -0.39 is 6.10 Å². The van der Waals surface area contributed by atoms with Crippen LogP contribution >= 0.6 is 0 Å². The fourth-order valence-electron chi connectivity index (χ4n) is 1.84. The Bertz CT molecular complexity index is 327. The standard InChI is InChI=1S/C12H17NO2/c1-2-9-5-3-4-6-11(9)15-12-8-13-7-10(12)14/h3-6,10,12-14H,2,7-8H2,1H3. The largest absolute Gasteiger partial charge is 0.486 e. The molecule has 0 amide bonds. The van der Waals surface area contributed by atoms with E-state index in [0.29, 0.717) is 6.54 Å². The Morgan fingerprint density at radius 1 is 1.40 bits per heavy atom. The van der Waals surface area contributed by atoms with Gasteiger partial charge in [-0.15, -0.1) is 0 Å². The minimum absolute atomic E-state index is 0.113. The Balaban J connectivity index is 2.09. The van der Waals surface area contributed by atoms with E-state index in [0.717, 1.165) is 18.7 Å². The van der Waals surface area contributed by atoms with Crippen molar-refractivity contribution in [1.82, 2.24) is 5.32 Å². The Labute approximate surface area is 90.1 Å². The zero-order valence-corrected chi connectivity index (χ0v) is 8.94. The Hall–Kier alpha value is -1.06. The maximum atomic E-state index is 9.63. The summed E-state index contributed by atoms with van der Waals surface area (Å²) in [5.41, 5.74) is 1.19. The van der Waals surface area contributed by atoms with E-state index in [1.165, 1.54) is 5.56 Å². The van der Waals surface area contributed by atoms with Gasteiger partial charge in [0.15, 0.2) is 0 Å². The normalized spacial score (nSPS) is 25.5. The van der Waals surface area contributed by atoms with E-state index in [2.05, 4.69) is 18.3 Å².